The van der Waals surface area contributed by atoms with Gasteiger partial charge in [0.25, 0.3) is 0 Å². The second-order valence-corrected chi connectivity index (χ2v) is 11.1. The van der Waals surface area contributed by atoms with E-state index >= 15 is 0 Å². The number of piperidine rings is 1. The lowest BCUT2D eigenvalue weighted by atomic mass is 9.71. The van der Waals surface area contributed by atoms with Crippen molar-refractivity contribution in [1.29, 1.82) is 0 Å². The Labute approximate surface area is 221 Å². The zero-order valence-corrected chi connectivity index (χ0v) is 22.1. The summed E-state index contributed by atoms with van der Waals surface area (Å²) in [4.78, 5) is 14.0. The highest BCUT2D eigenvalue weighted by atomic mass is 79.9. The fourth-order valence-electron chi connectivity index (χ4n) is 6.46. The van der Waals surface area contributed by atoms with Crippen LogP contribution in [-0.2, 0) is 5.41 Å². The Kier molecular flexibility index (Phi) is 6.32. The average Bonchev–Trinajstić information content (AvgIpc) is 3.54. The zero-order chi connectivity index (χ0) is 24.7. The molecule has 184 valence electrons. The predicted octanol–water partition coefficient (Wildman–Crippen LogP) is 6.03. The molecule has 2 saturated heterocycles. The van der Waals surface area contributed by atoms with Crippen molar-refractivity contribution in [3.05, 3.63) is 105 Å². The van der Waals surface area contributed by atoms with Gasteiger partial charge < -0.3 is 15.4 Å². The number of fused-ring (bicyclic) bond motifs is 2. The molecule has 2 heterocycles. The summed E-state index contributed by atoms with van der Waals surface area (Å²) in [7, 11) is 1.70. The van der Waals surface area contributed by atoms with E-state index in [2.05, 4.69) is 81.2 Å². The second-order valence-electron chi connectivity index (χ2n) is 10.2. The number of halogens is 1. The molecule has 0 amide bonds. The molecule has 6 rings (SSSR count). The van der Waals surface area contributed by atoms with Crippen LogP contribution in [0.5, 0.6) is 5.75 Å². The van der Waals surface area contributed by atoms with E-state index in [-0.39, 0.29) is 29.1 Å². The van der Waals surface area contributed by atoms with Crippen molar-refractivity contribution in [3.63, 3.8) is 0 Å². The van der Waals surface area contributed by atoms with Gasteiger partial charge in [-0.2, -0.15) is 0 Å². The molecule has 3 aromatic rings. The first-order valence-electron chi connectivity index (χ1n) is 12.8. The summed E-state index contributed by atoms with van der Waals surface area (Å²) in [6.45, 7) is 2.48. The van der Waals surface area contributed by atoms with Gasteiger partial charge in [0.1, 0.15) is 5.75 Å². The second kappa shape index (κ2) is 9.62. The van der Waals surface area contributed by atoms with Crippen molar-refractivity contribution in [1.82, 2.24) is 10.6 Å². The summed E-state index contributed by atoms with van der Waals surface area (Å²) in [5, 5.41) is 7.19. The number of hydrogen-bond acceptors (Lipinski definition) is 4. The van der Waals surface area contributed by atoms with Gasteiger partial charge in [-0.3, -0.25) is 4.79 Å². The molecule has 0 radical (unpaired) electrons. The van der Waals surface area contributed by atoms with Gasteiger partial charge in [-0.1, -0.05) is 76.6 Å². The fraction of sp³-hybridized carbons (Fsp3) is 0.323. The van der Waals surface area contributed by atoms with E-state index in [1.165, 1.54) is 16.7 Å². The number of ether oxygens (including phenoxy) is 1. The molecule has 0 aromatic heterocycles. The van der Waals surface area contributed by atoms with Crippen LogP contribution < -0.4 is 15.4 Å². The Balaban J connectivity index is 1.30. The number of nitrogens with one attached hydrogen (secondary N) is 2. The smallest absolute Gasteiger partial charge is 0.168 e. The first-order chi connectivity index (χ1) is 17.6. The van der Waals surface area contributed by atoms with Crippen LogP contribution in [0.4, 0.5) is 0 Å². The quantitative estimate of drug-likeness (QED) is 0.386. The third-order valence-corrected chi connectivity index (χ3v) is 9.10. The molecule has 2 aliphatic heterocycles. The fourth-order valence-corrected chi connectivity index (χ4v) is 7.04. The Bertz CT molecular complexity index is 1320. The van der Waals surface area contributed by atoms with Crippen LogP contribution in [0.15, 0.2) is 77.3 Å². The summed E-state index contributed by atoms with van der Waals surface area (Å²) in [6, 6.07) is 23.3. The van der Waals surface area contributed by atoms with Gasteiger partial charge in [0.15, 0.2) is 5.78 Å². The summed E-state index contributed by atoms with van der Waals surface area (Å²) < 4.78 is 6.42. The lowest BCUT2D eigenvalue weighted by Gasteiger charge is -2.39. The summed E-state index contributed by atoms with van der Waals surface area (Å²) in [6.07, 6.45) is 6.59. The van der Waals surface area contributed by atoms with Crippen molar-refractivity contribution in [3.8, 4) is 5.75 Å². The number of hydrogen-bond donors (Lipinski definition) is 2. The molecule has 3 aromatic carbocycles. The van der Waals surface area contributed by atoms with Crippen LogP contribution >= 0.6 is 15.9 Å². The minimum absolute atomic E-state index is 0.0444. The van der Waals surface area contributed by atoms with Gasteiger partial charge in [-0.25, -0.2) is 0 Å². The molecular formula is C31H31BrN2O2. The van der Waals surface area contributed by atoms with Crippen LogP contribution in [0.2, 0.25) is 0 Å². The van der Waals surface area contributed by atoms with E-state index in [4.69, 9.17) is 4.74 Å². The predicted molar refractivity (Wildman–Crippen MR) is 148 cm³/mol. The number of ketones is 1. The largest absolute Gasteiger partial charge is 0.497 e. The normalized spacial score (nSPS) is 26.8. The number of allylic oxidation sites excluding steroid dienone is 1. The molecule has 5 heteroatoms. The van der Waals surface area contributed by atoms with Crippen LogP contribution in [-0.4, -0.2) is 32.5 Å². The third kappa shape index (κ3) is 4.03. The van der Waals surface area contributed by atoms with E-state index < -0.39 is 0 Å². The monoisotopic (exact) mass is 542 g/mol. The van der Waals surface area contributed by atoms with Gasteiger partial charge in [0.2, 0.25) is 0 Å². The molecule has 2 N–H and O–H groups in total. The van der Waals surface area contributed by atoms with E-state index in [0.29, 0.717) is 6.54 Å². The molecule has 36 heavy (non-hydrogen) atoms. The minimum Gasteiger partial charge on any atom is -0.497 e. The van der Waals surface area contributed by atoms with Crippen molar-refractivity contribution < 1.29 is 9.53 Å². The maximum absolute atomic E-state index is 14.0. The lowest BCUT2D eigenvalue weighted by molar-refractivity contribution is 0.0920. The van der Waals surface area contributed by atoms with Gasteiger partial charge in [-0.15, -0.1) is 0 Å². The molecule has 1 aliphatic carbocycles. The Morgan fingerprint density at radius 1 is 1.03 bits per heavy atom. The third-order valence-electron chi connectivity index (χ3n) is 8.38. The molecule has 0 saturated carbocycles. The van der Waals surface area contributed by atoms with Crippen molar-refractivity contribution in [2.45, 2.75) is 30.2 Å². The number of carbonyl (C=O) groups is 1. The van der Waals surface area contributed by atoms with E-state index in [1.807, 2.05) is 24.3 Å². The molecule has 2 unspecified atom stereocenters. The highest BCUT2D eigenvalue weighted by molar-refractivity contribution is 9.10. The molecule has 2 fully saturated rings. The standard InChI is InChI=1S/C31H31BrN2O2/c1-36-21-11-9-20(10-12-21)29-17-31(15-16-34-29)14-13-22-24(6-4-7-27(22)31)30(35)26-19-33-18-25(26)23-5-2-3-8-28(23)32/h2-14,25-26,29,33-34H,15-19H2,1H3/t25-,26+,29?,31?/m0/s1. The van der Waals surface area contributed by atoms with E-state index in [0.717, 1.165) is 47.3 Å². The zero-order valence-electron chi connectivity index (χ0n) is 20.5. The number of carbonyl (C=O) groups excluding carboxylic acids is 1. The molecule has 1 spiro atoms. The summed E-state index contributed by atoms with van der Waals surface area (Å²) in [5.41, 5.74) is 5.73. The van der Waals surface area contributed by atoms with Gasteiger partial charge in [0, 0.05) is 46.4 Å². The van der Waals surface area contributed by atoms with Crippen molar-refractivity contribution in [2.24, 2.45) is 5.92 Å². The van der Waals surface area contributed by atoms with E-state index in [1.54, 1.807) is 7.11 Å². The number of benzene rings is 3. The van der Waals surface area contributed by atoms with Gasteiger partial charge >= 0.3 is 0 Å². The molecular weight excluding hydrogens is 512 g/mol. The Hall–Kier alpha value is -2.73. The van der Waals surface area contributed by atoms with E-state index in [9.17, 15) is 4.79 Å². The molecule has 3 aliphatic rings. The number of rotatable bonds is 5. The van der Waals surface area contributed by atoms with Crippen LogP contribution in [0.25, 0.3) is 6.08 Å². The number of Topliss-reactive ketones (excluding diaryl/α,β-unsaturated/α-hetero) is 1. The Morgan fingerprint density at radius 2 is 1.86 bits per heavy atom. The topological polar surface area (TPSA) is 50.4 Å². The first-order valence-corrected chi connectivity index (χ1v) is 13.6. The van der Waals surface area contributed by atoms with Gasteiger partial charge in [0.05, 0.1) is 7.11 Å². The van der Waals surface area contributed by atoms with Crippen LogP contribution in [0.1, 0.15) is 57.4 Å². The minimum atomic E-state index is -0.0692. The lowest BCUT2D eigenvalue weighted by Crippen LogP contribution is -2.40. The summed E-state index contributed by atoms with van der Waals surface area (Å²) in [5.74, 6) is 1.22. The average molecular weight is 544 g/mol. The maximum atomic E-state index is 14.0. The number of methoxy groups -OCH3 is 1. The maximum Gasteiger partial charge on any atom is 0.168 e. The SMILES string of the molecule is COc1ccc(C2CC3(C=Cc4c(C(=O)[C@@H]5CNC[C@H]5c5ccccc5Br)cccc43)CCN2)cc1. The van der Waals surface area contributed by atoms with Crippen LogP contribution in [0, 0.1) is 5.92 Å². The molecule has 0 bridgehead atoms. The van der Waals surface area contributed by atoms with Crippen molar-refractivity contribution >= 4 is 27.8 Å². The highest BCUT2D eigenvalue weighted by Gasteiger charge is 2.42. The summed E-state index contributed by atoms with van der Waals surface area (Å²) >= 11 is 3.71. The highest BCUT2D eigenvalue weighted by Crippen LogP contribution is 2.48. The molecule has 4 nitrogen and oxygen atoms in total. The van der Waals surface area contributed by atoms with Crippen LogP contribution in [0.3, 0.4) is 0 Å². The van der Waals surface area contributed by atoms with Gasteiger partial charge in [-0.05, 0) is 59.8 Å². The Morgan fingerprint density at radius 3 is 2.67 bits per heavy atom. The molecule has 4 atom stereocenters. The first kappa shape index (κ1) is 23.7. The van der Waals surface area contributed by atoms with Crippen molar-refractivity contribution in [2.75, 3.05) is 26.7 Å².